The summed E-state index contributed by atoms with van der Waals surface area (Å²) in [5.41, 5.74) is 1.31. The third-order valence-electron chi connectivity index (χ3n) is 4.10. The molecule has 1 aliphatic carbocycles. The van der Waals surface area contributed by atoms with Crippen LogP contribution in [0, 0.1) is 5.92 Å². The Labute approximate surface area is 217 Å². The van der Waals surface area contributed by atoms with E-state index in [1.807, 2.05) is 12.1 Å². The van der Waals surface area contributed by atoms with Crippen LogP contribution in [0.1, 0.15) is 24.3 Å². The maximum Gasteiger partial charge on any atom is 0.308 e. The predicted octanol–water partition coefficient (Wildman–Crippen LogP) is 11.5. The van der Waals surface area contributed by atoms with Crippen molar-refractivity contribution in [3.8, 4) is 0 Å². The first kappa shape index (κ1) is 33.6. The highest BCUT2D eigenvalue weighted by Crippen LogP contribution is 3.22. The zero-order valence-electron chi connectivity index (χ0n) is 16.4. The smallest absolute Gasteiger partial charge is 0.308 e. The molecule has 0 aromatic heterocycles. The number of esters is 1. The van der Waals surface area contributed by atoms with Gasteiger partial charge in [-0.1, -0.05) is 36.0 Å². The van der Waals surface area contributed by atoms with E-state index in [0.717, 1.165) is 25.3 Å². The monoisotopic (exact) mass is 750 g/mol. The number of benzene rings is 1. The lowest BCUT2D eigenvalue weighted by Crippen LogP contribution is -2.29. The molecule has 1 aromatic carbocycles. The quantitative estimate of drug-likeness (QED) is 0.195. The van der Waals surface area contributed by atoms with Gasteiger partial charge in [0.2, 0.25) is 0 Å². The van der Waals surface area contributed by atoms with Crippen molar-refractivity contribution in [2.45, 2.75) is 18.8 Å². The van der Waals surface area contributed by atoms with Crippen molar-refractivity contribution in [1.29, 1.82) is 0 Å². The molecule has 1 aliphatic rings. The predicted molar refractivity (Wildman–Crippen MR) is 189 cm³/mol. The third kappa shape index (κ3) is 11.6. The van der Waals surface area contributed by atoms with Crippen molar-refractivity contribution in [2.24, 2.45) is 5.92 Å². The lowest BCUT2D eigenvalue weighted by Gasteiger charge is -2.38. The Bertz CT molecular complexity index is 650. The van der Waals surface area contributed by atoms with E-state index < -0.39 is 0 Å². The van der Waals surface area contributed by atoms with Crippen LogP contribution in [0.4, 0.5) is 0 Å². The lowest BCUT2D eigenvalue weighted by molar-refractivity contribution is -0.148. The van der Waals surface area contributed by atoms with Crippen molar-refractivity contribution in [1.82, 2.24) is 0 Å². The second-order valence-corrected chi connectivity index (χ2v) is 62.9. The molecule has 2 rings (SSSR count). The second-order valence-electron chi connectivity index (χ2n) is 6.09. The molecule has 18 heteroatoms. The van der Waals surface area contributed by atoms with E-state index in [1.165, 1.54) is 12.7 Å². The number of rotatable bonds is 8. The molecule has 0 aliphatic heterocycles. The Kier molecular flexibility index (Phi) is 20.2. The van der Waals surface area contributed by atoms with Crippen molar-refractivity contribution < 1.29 is 9.53 Å². The van der Waals surface area contributed by atoms with E-state index in [2.05, 4.69) is 99.5 Å². The maximum atomic E-state index is 11.2. The number of carbonyl (C=O) groups is 1. The van der Waals surface area contributed by atoms with Gasteiger partial charge in [0.25, 0.3) is 0 Å². The van der Waals surface area contributed by atoms with E-state index in [-0.39, 0.29) is 53.8 Å². The molecule has 0 heterocycles. The Morgan fingerprint density at radius 1 is 1.03 bits per heavy atom. The average Bonchev–Trinajstić information content (AvgIpc) is 2.63. The fourth-order valence-corrected chi connectivity index (χ4v) is 159. The van der Waals surface area contributed by atoms with Crippen molar-refractivity contribution in [3.05, 3.63) is 34.3 Å². The summed E-state index contributed by atoms with van der Waals surface area (Å²) >= 11 is 3.45. The topological polar surface area (TPSA) is 26.3 Å². The first-order chi connectivity index (χ1) is 14.0. The van der Waals surface area contributed by atoms with Gasteiger partial charge >= 0.3 is 5.97 Å². The van der Waals surface area contributed by atoms with Gasteiger partial charge in [-0.05, 0) is 78.4 Å². The normalized spacial score (nSPS) is 21.0. The van der Waals surface area contributed by atoms with Gasteiger partial charge in [0.1, 0.15) is 0 Å². The fraction of sp³-hybridized carbons (Fsp3) is 0.417. The number of carbonyl (C=O) groups excluding carboxylic acids is 1. The van der Waals surface area contributed by atoms with Crippen molar-refractivity contribution >= 4 is 143 Å². The van der Waals surface area contributed by atoms with E-state index in [1.54, 1.807) is 0 Å². The summed E-state index contributed by atoms with van der Waals surface area (Å²) in [7, 11) is 27.1. The third-order valence-corrected chi connectivity index (χ3v) is 93.0. The van der Waals surface area contributed by atoms with E-state index in [0.29, 0.717) is 5.92 Å². The first-order valence-electron chi connectivity index (χ1n) is 8.36. The minimum Gasteiger partial charge on any atom is -0.469 e. The summed E-state index contributed by atoms with van der Waals surface area (Å²) in [5, 5.41) is 0. The molecule has 11 atom stereocenters. The highest BCUT2D eigenvalue weighted by molar-refractivity contribution is 9.28. The summed E-state index contributed by atoms with van der Waals surface area (Å²) in [5.74, 6) is 0.562. The van der Waals surface area contributed by atoms with E-state index in [9.17, 15) is 4.79 Å². The van der Waals surface area contributed by atoms with Gasteiger partial charge in [0.15, 0.2) is 0 Å². The second kappa shape index (κ2) is 18.0. The maximum absolute atomic E-state index is 11.2. The van der Waals surface area contributed by atoms with E-state index in [4.69, 9.17) is 4.74 Å². The zero-order chi connectivity index (χ0) is 23.0. The largest absolute Gasteiger partial charge is 0.469 e. The molecule has 0 amide bonds. The summed E-state index contributed by atoms with van der Waals surface area (Å²) in [6.07, 6.45) is 1.84. The van der Waals surface area contributed by atoms with Crippen LogP contribution in [0.5, 0.6) is 0 Å². The molecular weight excluding hydrogens is 721 g/mol. The molecule has 0 bridgehead atoms. The van der Waals surface area contributed by atoms with Crippen LogP contribution in [0.15, 0.2) is 28.7 Å². The number of halogens is 1. The van der Waals surface area contributed by atoms with Crippen LogP contribution in [0.2, 0.25) is 0 Å². The number of methoxy groups -OCH3 is 1. The standard InChI is InChI=1S/C12H13BrO2.H17P15/c1-15-12(14)10-5-9(6-10)8-3-2-4-11(13)7-8;1-9-13(8)15(12(6)7)14(10(2)3)11(4)5/h2-4,7,9-10H,5-6H2,1H3;9H,1-8H2. The van der Waals surface area contributed by atoms with E-state index >= 15 is 0 Å². The summed E-state index contributed by atoms with van der Waals surface area (Å²) < 4.78 is 5.81. The molecule has 0 saturated heterocycles. The molecule has 1 aromatic rings. The van der Waals surface area contributed by atoms with Crippen LogP contribution in [-0.4, -0.2) is 13.1 Å². The van der Waals surface area contributed by atoms with Gasteiger partial charge in [0, 0.05) is 4.47 Å². The van der Waals surface area contributed by atoms with Crippen LogP contribution in [0.3, 0.4) is 0 Å². The average molecular weight is 751 g/mol. The minimum atomic E-state index is -0.0683. The Hall–Kier alpha value is 5.62. The van der Waals surface area contributed by atoms with Crippen molar-refractivity contribution in [3.63, 3.8) is 0 Å². The molecule has 172 valence electrons. The molecule has 1 saturated carbocycles. The van der Waals surface area contributed by atoms with Gasteiger partial charge in [-0.2, -0.15) is 0 Å². The van der Waals surface area contributed by atoms with Crippen molar-refractivity contribution in [2.75, 3.05) is 7.11 Å². The molecule has 0 spiro atoms. The summed E-state index contributed by atoms with van der Waals surface area (Å²) in [6, 6.07) is 8.28. The van der Waals surface area contributed by atoms with Gasteiger partial charge in [0.05, 0.1) is 13.0 Å². The highest BCUT2D eigenvalue weighted by Gasteiger charge is 2.36. The van der Waals surface area contributed by atoms with Crippen LogP contribution in [-0.2, 0) is 9.53 Å². The van der Waals surface area contributed by atoms with Crippen LogP contribution < -0.4 is 0 Å². The molecule has 30 heavy (non-hydrogen) atoms. The SMILES string of the molecule is COC(=O)C1CC(c2cccc(Br)c2)C1.PPP(P)P(P(P)P)P(P(P)P)P(P)P. The van der Waals surface area contributed by atoms with Gasteiger partial charge < -0.3 is 4.74 Å². The van der Waals surface area contributed by atoms with Gasteiger partial charge in [-0.15, -0.1) is 71.4 Å². The zero-order valence-corrected chi connectivity index (χ0v) is 33.6. The van der Waals surface area contributed by atoms with Crippen LogP contribution in [0.25, 0.3) is 0 Å². The highest BCUT2D eigenvalue weighted by atomic mass is 79.9. The Morgan fingerprint density at radius 3 is 1.97 bits per heavy atom. The van der Waals surface area contributed by atoms with Gasteiger partial charge in [-0.3, -0.25) is 4.79 Å². The Morgan fingerprint density at radius 2 is 1.57 bits per heavy atom. The number of ether oxygens (including phenoxy) is 1. The molecular formula is C12H30BrO2P15. The minimum absolute atomic E-state index is 0.0683. The number of hydrogen-bond donors (Lipinski definition) is 0. The molecule has 11 unspecified atom stereocenters. The molecule has 0 radical (unpaired) electrons. The van der Waals surface area contributed by atoms with Gasteiger partial charge in [-0.25, -0.2) is 0 Å². The lowest BCUT2D eigenvalue weighted by atomic mass is 9.71. The molecule has 1 fully saturated rings. The molecule has 0 N–H and O–H groups in total. The van der Waals surface area contributed by atoms with Crippen LogP contribution >= 0.6 is 137 Å². The number of hydrogen-bond acceptors (Lipinski definition) is 2. The molecule has 2 nitrogen and oxygen atoms in total. The Balaban J connectivity index is 0.000000300. The first-order valence-corrected chi connectivity index (χ1v) is 35.7. The summed E-state index contributed by atoms with van der Waals surface area (Å²) in [6.45, 7) is 0.887. The fourth-order valence-electron chi connectivity index (χ4n) is 2.66. The summed E-state index contributed by atoms with van der Waals surface area (Å²) in [4.78, 5) is 11.2.